The number of aromatic nitrogens is 1. The van der Waals surface area contributed by atoms with Gasteiger partial charge in [0.2, 0.25) is 11.3 Å². The molecule has 0 aliphatic carbocycles. The van der Waals surface area contributed by atoms with Gasteiger partial charge in [-0.15, -0.1) is 0 Å². The molecule has 90 valence electrons. The third kappa shape index (κ3) is 1.66. The van der Waals surface area contributed by atoms with Crippen LogP contribution in [0.3, 0.4) is 0 Å². The van der Waals surface area contributed by atoms with Gasteiger partial charge in [-0.25, -0.2) is 4.98 Å². The Morgan fingerprint density at radius 3 is 2.72 bits per heavy atom. The van der Waals surface area contributed by atoms with Crippen LogP contribution in [-0.4, -0.2) is 12.0 Å². The van der Waals surface area contributed by atoms with Gasteiger partial charge in [-0.2, -0.15) is 0 Å². The average molecular weight is 256 g/mol. The molecule has 2 aromatic carbocycles. The molecular weight excluding hydrogens is 242 g/mol. The molecule has 4 heteroatoms. The number of benzene rings is 2. The summed E-state index contributed by atoms with van der Waals surface area (Å²) in [6.07, 6.45) is 0. The molecule has 0 amide bonds. The van der Waals surface area contributed by atoms with Crippen molar-refractivity contribution < 1.29 is 0 Å². The Labute approximate surface area is 109 Å². The zero-order valence-electron chi connectivity index (χ0n) is 10.3. The molecule has 3 nitrogen and oxygen atoms in total. The smallest absolute Gasteiger partial charge is 0.262 e. The van der Waals surface area contributed by atoms with Crippen LogP contribution in [0.4, 0.5) is 11.4 Å². The van der Waals surface area contributed by atoms with Crippen molar-refractivity contribution in [2.45, 2.75) is 6.92 Å². The van der Waals surface area contributed by atoms with E-state index in [0.29, 0.717) is 0 Å². The lowest BCUT2D eigenvalue weighted by atomic mass is 10.2. The number of nitrogens with zero attached hydrogens (tertiary/aromatic N) is 1. The molecule has 0 atom stereocenters. The van der Waals surface area contributed by atoms with E-state index in [2.05, 4.69) is 16.4 Å². The van der Waals surface area contributed by atoms with Crippen LogP contribution in [0.1, 0.15) is 5.56 Å². The standard InChI is InChI=1S/C14H14N3S/c1-8-10(15)4-6-12-14(8)18-13-7-9(16-2)3-5-11(13)17-12/h3-7,16H,15H2,1-2H3/q+1. The van der Waals surface area contributed by atoms with Gasteiger partial charge in [0.15, 0.2) is 0 Å². The van der Waals surface area contributed by atoms with Gasteiger partial charge in [0.25, 0.3) is 9.40 Å². The Balaban J connectivity index is 2.40. The molecule has 18 heavy (non-hydrogen) atoms. The van der Waals surface area contributed by atoms with Crippen molar-refractivity contribution in [2.24, 2.45) is 0 Å². The molecule has 0 unspecified atom stereocenters. The fourth-order valence-corrected chi connectivity index (χ4v) is 3.11. The largest absolute Gasteiger partial charge is 0.398 e. The van der Waals surface area contributed by atoms with Crippen molar-refractivity contribution in [1.82, 2.24) is 4.98 Å². The van der Waals surface area contributed by atoms with E-state index in [1.54, 1.807) is 11.3 Å². The van der Waals surface area contributed by atoms with Crippen LogP contribution in [0.2, 0.25) is 0 Å². The average Bonchev–Trinajstić information content (AvgIpc) is 2.41. The number of aryl methyl sites for hydroxylation is 1. The molecule has 3 N–H and O–H groups in total. The van der Waals surface area contributed by atoms with E-state index in [9.17, 15) is 0 Å². The Morgan fingerprint density at radius 1 is 1.17 bits per heavy atom. The highest BCUT2D eigenvalue weighted by atomic mass is 32.1. The van der Waals surface area contributed by atoms with Gasteiger partial charge >= 0.3 is 0 Å². The summed E-state index contributed by atoms with van der Waals surface area (Å²) >= 11 is 1.74. The van der Waals surface area contributed by atoms with Crippen LogP contribution in [0.25, 0.3) is 20.4 Å². The third-order valence-electron chi connectivity index (χ3n) is 3.13. The maximum absolute atomic E-state index is 5.95. The van der Waals surface area contributed by atoms with E-state index >= 15 is 0 Å². The molecule has 0 aliphatic heterocycles. The Kier molecular flexibility index (Phi) is 2.52. The molecule has 0 saturated carbocycles. The molecule has 0 radical (unpaired) electrons. The molecule has 1 heterocycles. The number of nitrogens with two attached hydrogens (primary N) is 1. The van der Waals surface area contributed by atoms with E-state index in [0.717, 1.165) is 32.7 Å². The summed E-state index contributed by atoms with van der Waals surface area (Å²) in [5.74, 6) is 0. The van der Waals surface area contributed by atoms with Crippen molar-refractivity contribution in [1.29, 1.82) is 0 Å². The lowest BCUT2D eigenvalue weighted by Crippen LogP contribution is -1.91. The maximum atomic E-state index is 5.95. The number of fused-ring (bicyclic) bond motifs is 2. The first kappa shape index (κ1) is 11.2. The first-order valence-electron chi connectivity index (χ1n) is 5.79. The summed E-state index contributed by atoms with van der Waals surface area (Å²) < 4.78 is 2.33. The predicted octanol–water partition coefficient (Wildman–Crippen LogP) is 3.66. The van der Waals surface area contributed by atoms with Crippen molar-refractivity contribution in [2.75, 3.05) is 18.1 Å². The second kappa shape index (κ2) is 4.07. The quantitative estimate of drug-likeness (QED) is 0.397. The number of hydrogen-bond donors (Lipinski definition) is 2. The van der Waals surface area contributed by atoms with Crippen molar-refractivity contribution in [3.63, 3.8) is 0 Å². The minimum atomic E-state index is 0.824. The molecule has 0 spiro atoms. The highest BCUT2D eigenvalue weighted by Gasteiger charge is 2.16. The second-order valence-electron chi connectivity index (χ2n) is 4.27. The van der Waals surface area contributed by atoms with Crippen LogP contribution in [0, 0.1) is 6.92 Å². The predicted molar refractivity (Wildman–Crippen MR) is 80.2 cm³/mol. The topological polar surface area (TPSA) is 50.9 Å². The van der Waals surface area contributed by atoms with Crippen LogP contribution in [0.5, 0.6) is 0 Å². The van der Waals surface area contributed by atoms with Crippen molar-refractivity contribution >= 4 is 43.1 Å². The number of hydrogen-bond acceptors (Lipinski definition) is 3. The van der Waals surface area contributed by atoms with E-state index in [1.165, 1.54) is 4.70 Å². The summed E-state index contributed by atoms with van der Waals surface area (Å²) in [4.78, 5) is 4.68. The minimum absolute atomic E-state index is 0.824. The Hall–Kier alpha value is -1.94. The Morgan fingerprint density at radius 2 is 1.94 bits per heavy atom. The number of rotatable bonds is 1. The first-order valence-corrected chi connectivity index (χ1v) is 6.61. The highest BCUT2D eigenvalue weighted by Crippen LogP contribution is 2.31. The van der Waals surface area contributed by atoms with E-state index in [-0.39, 0.29) is 0 Å². The lowest BCUT2D eigenvalue weighted by molar-refractivity contribution is 1.47. The molecule has 0 bridgehead atoms. The molecule has 0 aliphatic rings. The first-order chi connectivity index (χ1) is 8.69. The molecule has 3 rings (SSSR count). The van der Waals surface area contributed by atoms with Gasteiger partial charge < -0.3 is 11.1 Å². The van der Waals surface area contributed by atoms with Gasteiger partial charge in [-0.05, 0) is 31.2 Å². The normalized spacial score (nSPS) is 11.0. The fraction of sp³-hybridized carbons (Fsp3) is 0.143. The Bertz CT molecular complexity index is 753. The van der Waals surface area contributed by atoms with Gasteiger partial charge in [0.05, 0.1) is 0 Å². The second-order valence-corrected chi connectivity index (χ2v) is 5.33. The van der Waals surface area contributed by atoms with E-state index < -0.39 is 0 Å². The number of nitrogen functional groups attached to an aromatic ring is 1. The summed E-state index contributed by atoms with van der Waals surface area (Å²) in [6.45, 7) is 2.05. The van der Waals surface area contributed by atoms with E-state index in [4.69, 9.17) is 5.73 Å². The van der Waals surface area contributed by atoms with Crippen LogP contribution < -0.4 is 11.1 Å². The highest BCUT2D eigenvalue weighted by molar-refractivity contribution is 7.24. The van der Waals surface area contributed by atoms with Crippen molar-refractivity contribution in [3.8, 4) is 0 Å². The molecule has 0 saturated heterocycles. The lowest BCUT2D eigenvalue weighted by Gasteiger charge is -2.00. The van der Waals surface area contributed by atoms with Gasteiger partial charge in [0.1, 0.15) is 11.0 Å². The fourth-order valence-electron chi connectivity index (χ4n) is 1.99. The summed E-state index contributed by atoms with van der Waals surface area (Å²) in [6, 6.07) is 10.1. The van der Waals surface area contributed by atoms with Crippen LogP contribution in [0.15, 0.2) is 30.3 Å². The SMILES string of the molecule is CNc1ccc2nc3ccc(N)c(C)c3[s+]c2c1. The van der Waals surface area contributed by atoms with Crippen molar-refractivity contribution in [3.05, 3.63) is 35.9 Å². The number of anilines is 2. The summed E-state index contributed by atoms with van der Waals surface area (Å²) in [5, 5.41) is 3.15. The van der Waals surface area contributed by atoms with Gasteiger partial charge in [-0.3, -0.25) is 0 Å². The summed E-state index contributed by atoms with van der Waals surface area (Å²) in [7, 11) is 1.92. The van der Waals surface area contributed by atoms with E-state index in [1.807, 2.05) is 38.2 Å². The minimum Gasteiger partial charge on any atom is -0.398 e. The molecular formula is C14H14N3S+. The zero-order valence-corrected chi connectivity index (χ0v) is 11.1. The number of nitrogens with one attached hydrogen (secondary N) is 1. The van der Waals surface area contributed by atoms with Crippen LogP contribution >= 0.6 is 11.3 Å². The zero-order chi connectivity index (χ0) is 12.7. The monoisotopic (exact) mass is 256 g/mol. The van der Waals surface area contributed by atoms with Gasteiger partial charge in [-0.1, -0.05) is 0 Å². The molecule has 0 fully saturated rings. The van der Waals surface area contributed by atoms with Gasteiger partial charge in [0, 0.05) is 30.1 Å². The third-order valence-corrected chi connectivity index (χ3v) is 4.39. The molecule has 1 aromatic heterocycles. The maximum Gasteiger partial charge on any atom is 0.262 e. The summed E-state index contributed by atoms with van der Waals surface area (Å²) in [5.41, 5.74) is 11.0. The molecule has 3 aromatic rings. The van der Waals surface area contributed by atoms with Crippen LogP contribution in [-0.2, 0) is 0 Å².